The van der Waals surface area contributed by atoms with Gasteiger partial charge in [-0.2, -0.15) is 13.2 Å². The van der Waals surface area contributed by atoms with Crippen LogP contribution in [0.5, 0.6) is 0 Å². The fourth-order valence-electron chi connectivity index (χ4n) is 1.33. The van der Waals surface area contributed by atoms with Crippen molar-refractivity contribution in [2.24, 2.45) is 0 Å². The summed E-state index contributed by atoms with van der Waals surface area (Å²) < 4.78 is 37.5. The van der Waals surface area contributed by atoms with Gasteiger partial charge in [0.2, 0.25) is 5.95 Å². The standard InChI is InChI=1S/C9H6F3N5O2S/c1-13-8-15-2-4(17(18)19)6(16-8)5-3-14-7(20-5)9(10,11)12/h2-3H,1H3,(H,13,15,16). The largest absolute Gasteiger partial charge is 0.443 e. The maximum atomic E-state index is 12.5. The lowest BCUT2D eigenvalue weighted by Gasteiger charge is -2.02. The summed E-state index contributed by atoms with van der Waals surface area (Å²) >= 11 is 0.285. The second kappa shape index (κ2) is 5.00. The summed E-state index contributed by atoms with van der Waals surface area (Å²) in [4.78, 5) is 20.7. The number of halogens is 3. The van der Waals surface area contributed by atoms with Gasteiger partial charge in [-0.1, -0.05) is 0 Å². The summed E-state index contributed by atoms with van der Waals surface area (Å²) in [7, 11) is 1.48. The molecule has 0 aliphatic rings. The Morgan fingerprint density at radius 3 is 2.55 bits per heavy atom. The number of aromatic nitrogens is 3. The van der Waals surface area contributed by atoms with E-state index in [4.69, 9.17) is 0 Å². The third-order valence-corrected chi connectivity index (χ3v) is 3.22. The molecule has 0 aliphatic heterocycles. The molecule has 0 saturated heterocycles. The van der Waals surface area contributed by atoms with Crippen LogP contribution in [0.1, 0.15) is 5.01 Å². The van der Waals surface area contributed by atoms with Crippen molar-refractivity contribution >= 4 is 23.0 Å². The van der Waals surface area contributed by atoms with E-state index in [-0.39, 0.29) is 27.9 Å². The quantitative estimate of drug-likeness (QED) is 0.692. The van der Waals surface area contributed by atoms with Crippen molar-refractivity contribution in [2.45, 2.75) is 6.18 Å². The van der Waals surface area contributed by atoms with Crippen molar-refractivity contribution in [3.63, 3.8) is 0 Å². The summed E-state index contributed by atoms with van der Waals surface area (Å²) in [5, 5.41) is 12.3. The highest BCUT2D eigenvalue weighted by Crippen LogP contribution is 2.38. The molecule has 0 aromatic carbocycles. The Morgan fingerprint density at radius 1 is 1.35 bits per heavy atom. The van der Waals surface area contributed by atoms with Gasteiger partial charge in [0.25, 0.3) is 0 Å². The Labute approximate surface area is 113 Å². The molecule has 2 aromatic heterocycles. The first-order valence-corrected chi connectivity index (χ1v) is 5.87. The molecule has 2 heterocycles. The number of anilines is 1. The number of hydrogen-bond donors (Lipinski definition) is 1. The van der Waals surface area contributed by atoms with Gasteiger partial charge in [-0.05, 0) is 0 Å². The van der Waals surface area contributed by atoms with Crippen LogP contribution in [0.4, 0.5) is 24.8 Å². The highest BCUT2D eigenvalue weighted by molar-refractivity contribution is 7.15. The van der Waals surface area contributed by atoms with Crippen molar-refractivity contribution in [1.82, 2.24) is 15.0 Å². The van der Waals surface area contributed by atoms with Crippen molar-refractivity contribution < 1.29 is 18.1 Å². The van der Waals surface area contributed by atoms with Crippen molar-refractivity contribution in [2.75, 3.05) is 12.4 Å². The van der Waals surface area contributed by atoms with Gasteiger partial charge in [0.1, 0.15) is 6.20 Å². The molecule has 2 aromatic rings. The number of nitro groups is 1. The van der Waals surface area contributed by atoms with Crippen LogP contribution in [0.2, 0.25) is 0 Å². The maximum Gasteiger partial charge on any atom is 0.443 e. The lowest BCUT2D eigenvalue weighted by atomic mass is 10.3. The van der Waals surface area contributed by atoms with Crippen LogP contribution in [0.25, 0.3) is 10.6 Å². The molecule has 0 fully saturated rings. The molecule has 1 N–H and O–H groups in total. The smallest absolute Gasteiger partial charge is 0.357 e. The fourth-order valence-corrected chi connectivity index (χ4v) is 2.11. The van der Waals surface area contributed by atoms with Gasteiger partial charge in [-0.25, -0.2) is 15.0 Å². The molecule has 0 spiro atoms. The Balaban J connectivity index is 2.55. The first-order chi connectivity index (χ1) is 9.32. The van der Waals surface area contributed by atoms with Gasteiger partial charge in [0.05, 0.1) is 9.80 Å². The first kappa shape index (κ1) is 14.1. The Kier molecular flexibility index (Phi) is 3.53. The van der Waals surface area contributed by atoms with E-state index in [2.05, 4.69) is 20.3 Å². The zero-order valence-corrected chi connectivity index (χ0v) is 10.6. The molecule has 0 saturated carbocycles. The predicted molar refractivity (Wildman–Crippen MR) is 64.3 cm³/mol. The molecule has 20 heavy (non-hydrogen) atoms. The van der Waals surface area contributed by atoms with Crippen molar-refractivity contribution in [3.05, 3.63) is 27.5 Å². The summed E-state index contributed by atoms with van der Waals surface area (Å²) in [5.41, 5.74) is -0.691. The minimum atomic E-state index is -4.60. The molecule has 0 aliphatic carbocycles. The van der Waals surface area contributed by atoms with Crippen LogP contribution in [0.15, 0.2) is 12.4 Å². The van der Waals surface area contributed by atoms with E-state index in [1.165, 1.54) is 7.05 Å². The average Bonchev–Trinajstić information content (AvgIpc) is 2.87. The van der Waals surface area contributed by atoms with Crippen LogP contribution in [-0.4, -0.2) is 26.9 Å². The second-order valence-corrected chi connectivity index (χ2v) is 4.49. The molecular formula is C9H6F3N5O2S. The molecule has 0 unspecified atom stereocenters. The van der Waals surface area contributed by atoms with E-state index in [1.807, 2.05) is 0 Å². The Morgan fingerprint density at radius 2 is 2.05 bits per heavy atom. The molecule has 2 rings (SSSR count). The van der Waals surface area contributed by atoms with E-state index < -0.39 is 21.8 Å². The summed E-state index contributed by atoms with van der Waals surface area (Å²) in [6.45, 7) is 0. The normalized spacial score (nSPS) is 11.4. The molecule has 0 bridgehead atoms. The van der Waals surface area contributed by atoms with Crippen molar-refractivity contribution in [1.29, 1.82) is 0 Å². The predicted octanol–water partition coefficient (Wildman–Crippen LogP) is 2.57. The summed E-state index contributed by atoms with van der Waals surface area (Å²) in [5.74, 6) is 0.0626. The van der Waals surface area contributed by atoms with Crippen LogP contribution in [-0.2, 0) is 6.18 Å². The topological polar surface area (TPSA) is 93.8 Å². The number of nitrogens with one attached hydrogen (secondary N) is 1. The van der Waals surface area contributed by atoms with Gasteiger partial charge in [0, 0.05) is 13.2 Å². The monoisotopic (exact) mass is 305 g/mol. The van der Waals surface area contributed by atoms with Gasteiger partial charge in [-0.3, -0.25) is 10.1 Å². The van der Waals surface area contributed by atoms with Gasteiger partial charge < -0.3 is 5.32 Å². The van der Waals surface area contributed by atoms with Crippen LogP contribution in [0.3, 0.4) is 0 Å². The van der Waals surface area contributed by atoms with E-state index in [9.17, 15) is 23.3 Å². The van der Waals surface area contributed by atoms with Crippen LogP contribution >= 0.6 is 11.3 Å². The molecule has 11 heteroatoms. The Hall–Kier alpha value is -2.30. The molecule has 106 valence electrons. The average molecular weight is 305 g/mol. The van der Waals surface area contributed by atoms with E-state index >= 15 is 0 Å². The highest BCUT2D eigenvalue weighted by Gasteiger charge is 2.35. The lowest BCUT2D eigenvalue weighted by Crippen LogP contribution is -2.03. The van der Waals surface area contributed by atoms with E-state index in [0.29, 0.717) is 0 Å². The van der Waals surface area contributed by atoms with Gasteiger partial charge in [-0.15, -0.1) is 11.3 Å². The fraction of sp³-hybridized carbons (Fsp3) is 0.222. The molecule has 7 nitrogen and oxygen atoms in total. The minimum Gasteiger partial charge on any atom is -0.357 e. The summed E-state index contributed by atoms with van der Waals surface area (Å²) in [6.07, 6.45) is -2.76. The van der Waals surface area contributed by atoms with E-state index in [0.717, 1.165) is 12.4 Å². The highest BCUT2D eigenvalue weighted by atomic mass is 32.1. The second-order valence-electron chi connectivity index (χ2n) is 3.46. The number of alkyl halides is 3. The molecular weight excluding hydrogens is 299 g/mol. The third-order valence-electron chi connectivity index (χ3n) is 2.17. The zero-order valence-electron chi connectivity index (χ0n) is 9.80. The lowest BCUT2D eigenvalue weighted by molar-refractivity contribution is -0.384. The number of rotatable bonds is 3. The Bertz CT molecular complexity index is 657. The third kappa shape index (κ3) is 2.66. The van der Waals surface area contributed by atoms with Crippen LogP contribution < -0.4 is 5.32 Å². The van der Waals surface area contributed by atoms with Crippen molar-refractivity contribution in [3.8, 4) is 10.6 Å². The SMILES string of the molecule is CNc1ncc([N+](=O)[O-])c(-c2cnc(C(F)(F)F)s2)n1. The van der Waals surface area contributed by atoms with Gasteiger partial charge >= 0.3 is 11.9 Å². The van der Waals surface area contributed by atoms with E-state index in [1.54, 1.807) is 0 Å². The number of nitrogens with zero attached hydrogens (tertiary/aromatic N) is 4. The molecule has 0 atom stereocenters. The number of hydrogen-bond acceptors (Lipinski definition) is 7. The zero-order chi connectivity index (χ0) is 14.9. The first-order valence-electron chi connectivity index (χ1n) is 5.05. The molecule has 0 amide bonds. The maximum absolute atomic E-state index is 12.5. The minimum absolute atomic E-state index is 0.0528. The number of thiazole rings is 1. The summed E-state index contributed by atoms with van der Waals surface area (Å²) in [6, 6.07) is 0. The van der Waals surface area contributed by atoms with Gasteiger partial charge in [0.15, 0.2) is 10.7 Å². The molecule has 0 radical (unpaired) electrons. The van der Waals surface area contributed by atoms with Crippen LogP contribution in [0, 0.1) is 10.1 Å².